The Labute approximate surface area is 142 Å². The molecule has 0 spiro atoms. The van der Waals surface area contributed by atoms with Crippen LogP contribution in [0.2, 0.25) is 0 Å². The van der Waals surface area contributed by atoms with Gasteiger partial charge < -0.3 is 5.32 Å². The van der Waals surface area contributed by atoms with Crippen molar-refractivity contribution in [2.45, 2.75) is 6.92 Å². The average molecular weight is 337 g/mol. The Morgan fingerprint density at radius 2 is 1.88 bits per heavy atom. The van der Waals surface area contributed by atoms with Gasteiger partial charge >= 0.3 is 0 Å². The van der Waals surface area contributed by atoms with Crippen LogP contribution in [0.15, 0.2) is 55.0 Å². The predicted octanol–water partition coefficient (Wildman–Crippen LogP) is 4.12. The number of aryl methyl sites for hydroxylation is 1. The number of benzene rings is 1. The highest BCUT2D eigenvalue weighted by Gasteiger charge is 2.14. The fourth-order valence-corrected chi connectivity index (χ4v) is 2.70. The second kappa shape index (κ2) is 5.94. The minimum atomic E-state index is -0.367. The van der Waals surface area contributed by atoms with E-state index in [1.807, 2.05) is 6.92 Å². The molecule has 0 fully saturated rings. The quantitative estimate of drug-likeness (QED) is 0.611. The number of rotatable bonds is 3. The first-order valence-electron chi connectivity index (χ1n) is 7.59. The Morgan fingerprint density at radius 1 is 1.00 bits per heavy atom. The molecule has 0 aliphatic rings. The van der Waals surface area contributed by atoms with Gasteiger partial charge in [0, 0.05) is 11.9 Å². The first kappa shape index (κ1) is 15.2. The lowest BCUT2D eigenvalue weighted by Gasteiger charge is -2.08. The van der Waals surface area contributed by atoms with E-state index < -0.39 is 0 Å². The van der Waals surface area contributed by atoms with Gasteiger partial charge in [-0.05, 0) is 37.3 Å². The number of fused-ring (bicyclic) bond motifs is 1. The molecule has 0 amide bonds. The van der Waals surface area contributed by atoms with Crippen LogP contribution in [0.25, 0.3) is 17.0 Å². The highest BCUT2D eigenvalue weighted by molar-refractivity contribution is 5.65. The van der Waals surface area contributed by atoms with Crippen molar-refractivity contribution in [3.63, 3.8) is 0 Å². The third kappa shape index (κ3) is 2.91. The van der Waals surface area contributed by atoms with Crippen LogP contribution in [0, 0.1) is 18.6 Å². The molecule has 1 aromatic carbocycles. The van der Waals surface area contributed by atoms with Crippen molar-refractivity contribution in [1.29, 1.82) is 0 Å². The number of hydrogen-bond acceptors (Lipinski definition) is 4. The van der Waals surface area contributed by atoms with E-state index in [2.05, 4.69) is 20.3 Å². The van der Waals surface area contributed by atoms with Crippen LogP contribution in [0.1, 0.15) is 5.69 Å². The summed E-state index contributed by atoms with van der Waals surface area (Å²) in [7, 11) is 0. The Kier molecular flexibility index (Phi) is 3.61. The number of halogens is 2. The molecule has 0 radical (unpaired) electrons. The Morgan fingerprint density at radius 3 is 2.72 bits per heavy atom. The number of pyridine rings is 1. The molecule has 3 aromatic heterocycles. The van der Waals surface area contributed by atoms with Gasteiger partial charge in [0.1, 0.15) is 28.8 Å². The minimum Gasteiger partial charge on any atom is -0.339 e. The number of aromatic nitrogens is 4. The summed E-state index contributed by atoms with van der Waals surface area (Å²) in [4.78, 5) is 13.1. The summed E-state index contributed by atoms with van der Waals surface area (Å²) in [5.74, 6) is -0.260. The monoisotopic (exact) mass is 337 g/mol. The van der Waals surface area contributed by atoms with Gasteiger partial charge in [0.15, 0.2) is 0 Å². The van der Waals surface area contributed by atoms with Gasteiger partial charge in [0.25, 0.3) is 0 Å². The maximum absolute atomic E-state index is 13.6. The Hall–Kier alpha value is -3.35. The van der Waals surface area contributed by atoms with E-state index in [4.69, 9.17) is 0 Å². The number of anilines is 2. The molecule has 5 nitrogen and oxygen atoms in total. The zero-order valence-corrected chi connectivity index (χ0v) is 13.2. The first-order valence-corrected chi connectivity index (χ1v) is 7.59. The van der Waals surface area contributed by atoms with Gasteiger partial charge in [-0.3, -0.25) is 9.38 Å². The molecule has 4 rings (SSSR count). The largest absolute Gasteiger partial charge is 0.339 e. The lowest BCUT2D eigenvalue weighted by molar-refractivity contribution is 0.619. The molecule has 0 bridgehead atoms. The summed E-state index contributed by atoms with van der Waals surface area (Å²) in [6.07, 6.45) is 4.48. The van der Waals surface area contributed by atoms with Crippen molar-refractivity contribution >= 4 is 17.2 Å². The molecule has 7 heteroatoms. The summed E-state index contributed by atoms with van der Waals surface area (Å²) < 4.78 is 28.6. The van der Waals surface area contributed by atoms with Gasteiger partial charge in [-0.15, -0.1) is 0 Å². The summed E-state index contributed by atoms with van der Waals surface area (Å²) in [5.41, 5.74) is 3.09. The van der Waals surface area contributed by atoms with Gasteiger partial charge in [-0.1, -0.05) is 6.07 Å². The van der Waals surface area contributed by atoms with Gasteiger partial charge in [0.05, 0.1) is 23.8 Å². The van der Waals surface area contributed by atoms with E-state index in [0.29, 0.717) is 34.2 Å². The highest BCUT2D eigenvalue weighted by Crippen LogP contribution is 2.25. The number of imidazole rings is 1. The summed E-state index contributed by atoms with van der Waals surface area (Å²) in [6, 6.07) is 9.03. The fourth-order valence-electron chi connectivity index (χ4n) is 2.70. The second-order valence-corrected chi connectivity index (χ2v) is 5.55. The molecule has 0 aliphatic carbocycles. The Bertz CT molecular complexity index is 1070. The predicted molar refractivity (Wildman–Crippen MR) is 90.6 cm³/mol. The number of hydrogen-bond donors (Lipinski definition) is 1. The van der Waals surface area contributed by atoms with Crippen molar-refractivity contribution in [1.82, 2.24) is 19.4 Å². The topological polar surface area (TPSA) is 55.1 Å². The Balaban J connectivity index is 1.77. The second-order valence-electron chi connectivity index (χ2n) is 5.55. The van der Waals surface area contributed by atoms with Gasteiger partial charge in [-0.25, -0.2) is 18.7 Å². The molecule has 3 heterocycles. The number of nitrogens with one attached hydrogen (secondary N) is 1. The summed E-state index contributed by atoms with van der Waals surface area (Å²) in [6.45, 7) is 1.83. The molecule has 0 aliphatic heterocycles. The van der Waals surface area contributed by atoms with E-state index >= 15 is 0 Å². The standard InChI is InChI=1S/C18H13F2N5/c1-11-18(25-10-13(20)5-6-17(25)22-11)15-8-21-9-16(24-15)23-14-4-2-3-12(19)7-14/h2-10H,1H3,(H,23,24). The van der Waals surface area contributed by atoms with E-state index in [1.165, 1.54) is 30.6 Å². The van der Waals surface area contributed by atoms with Crippen LogP contribution >= 0.6 is 0 Å². The molecule has 25 heavy (non-hydrogen) atoms. The fraction of sp³-hybridized carbons (Fsp3) is 0.0556. The summed E-state index contributed by atoms with van der Waals surface area (Å²) >= 11 is 0. The van der Waals surface area contributed by atoms with Crippen molar-refractivity contribution in [2.75, 3.05) is 5.32 Å². The lowest BCUT2D eigenvalue weighted by atomic mass is 10.2. The van der Waals surface area contributed by atoms with Crippen molar-refractivity contribution in [2.24, 2.45) is 0 Å². The smallest absolute Gasteiger partial charge is 0.149 e. The molecule has 0 atom stereocenters. The third-order valence-electron chi connectivity index (χ3n) is 3.73. The van der Waals surface area contributed by atoms with Crippen LogP contribution in [-0.2, 0) is 0 Å². The molecule has 0 unspecified atom stereocenters. The van der Waals surface area contributed by atoms with Crippen LogP contribution in [0.3, 0.4) is 0 Å². The van der Waals surface area contributed by atoms with Crippen molar-refractivity contribution < 1.29 is 8.78 Å². The van der Waals surface area contributed by atoms with Crippen LogP contribution in [0.5, 0.6) is 0 Å². The van der Waals surface area contributed by atoms with Crippen LogP contribution in [0.4, 0.5) is 20.3 Å². The van der Waals surface area contributed by atoms with Gasteiger partial charge in [-0.2, -0.15) is 0 Å². The highest BCUT2D eigenvalue weighted by atomic mass is 19.1. The molecular formula is C18H13F2N5. The third-order valence-corrected chi connectivity index (χ3v) is 3.73. The molecule has 0 saturated carbocycles. The molecular weight excluding hydrogens is 324 g/mol. The summed E-state index contributed by atoms with van der Waals surface area (Å²) in [5, 5.41) is 3.01. The minimum absolute atomic E-state index is 0.345. The van der Waals surface area contributed by atoms with E-state index in [9.17, 15) is 8.78 Å². The van der Waals surface area contributed by atoms with E-state index in [-0.39, 0.29) is 11.6 Å². The lowest BCUT2D eigenvalue weighted by Crippen LogP contribution is -1.99. The zero-order valence-electron chi connectivity index (χ0n) is 13.2. The number of nitrogens with zero attached hydrogens (tertiary/aromatic N) is 4. The average Bonchev–Trinajstić information content (AvgIpc) is 2.90. The molecule has 0 saturated heterocycles. The normalized spacial score (nSPS) is 11.0. The first-order chi connectivity index (χ1) is 12.1. The van der Waals surface area contributed by atoms with Crippen molar-refractivity contribution in [3.05, 3.63) is 72.3 Å². The molecule has 124 valence electrons. The van der Waals surface area contributed by atoms with Gasteiger partial charge in [0.2, 0.25) is 0 Å². The van der Waals surface area contributed by atoms with Crippen molar-refractivity contribution in [3.8, 4) is 11.4 Å². The molecule has 4 aromatic rings. The van der Waals surface area contributed by atoms with E-state index in [0.717, 1.165) is 0 Å². The SMILES string of the molecule is Cc1nc2ccc(F)cn2c1-c1cncc(Nc2cccc(F)c2)n1. The zero-order chi connectivity index (χ0) is 17.4. The molecule has 1 N–H and O–H groups in total. The van der Waals surface area contributed by atoms with Crippen LogP contribution < -0.4 is 5.32 Å². The maximum Gasteiger partial charge on any atom is 0.149 e. The van der Waals surface area contributed by atoms with Crippen LogP contribution in [-0.4, -0.2) is 19.4 Å². The maximum atomic E-state index is 13.6. The van der Waals surface area contributed by atoms with E-state index in [1.54, 1.807) is 28.8 Å².